The van der Waals surface area contributed by atoms with Gasteiger partial charge in [0, 0.05) is 28.7 Å². The van der Waals surface area contributed by atoms with Crippen LogP contribution in [-0.2, 0) is 4.79 Å². The van der Waals surface area contributed by atoms with Gasteiger partial charge in [0.25, 0.3) is 0 Å². The molecule has 152 valence electrons. The number of hydrogen-bond acceptors (Lipinski definition) is 3. The highest BCUT2D eigenvalue weighted by Crippen LogP contribution is 2.32. The molecular formula is C24H27ClN2O2. The van der Waals surface area contributed by atoms with Crippen LogP contribution in [0.2, 0.25) is 5.02 Å². The maximum absolute atomic E-state index is 12.3. The van der Waals surface area contributed by atoms with Crippen LogP contribution in [0.4, 0.5) is 5.69 Å². The number of nitrogens with zero attached hydrogens (tertiary/aromatic N) is 1. The monoisotopic (exact) mass is 410 g/mol. The first-order valence-electron chi connectivity index (χ1n) is 9.73. The van der Waals surface area contributed by atoms with Crippen molar-refractivity contribution in [1.29, 1.82) is 0 Å². The summed E-state index contributed by atoms with van der Waals surface area (Å²) >= 11 is 5.88. The number of anilines is 1. The van der Waals surface area contributed by atoms with Crippen molar-refractivity contribution in [2.75, 3.05) is 5.32 Å². The van der Waals surface area contributed by atoms with Crippen molar-refractivity contribution in [1.82, 2.24) is 4.98 Å². The maximum Gasteiger partial charge on any atom is 0.224 e. The molecule has 1 N–H and O–H groups in total. The van der Waals surface area contributed by atoms with Crippen LogP contribution in [0.25, 0.3) is 10.9 Å². The van der Waals surface area contributed by atoms with Crippen molar-refractivity contribution in [2.24, 2.45) is 5.92 Å². The summed E-state index contributed by atoms with van der Waals surface area (Å²) in [6.45, 7) is 0. The van der Waals surface area contributed by atoms with Crippen LogP contribution in [0.5, 0.6) is 5.75 Å². The van der Waals surface area contributed by atoms with Gasteiger partial charge < -0.3 is 10.1 Å². The molecule has 2 aromatic carbocycles. The summed E-state index contributed by atoms with van der Waals surface area (Å²) in [5.74, 6) is 1.36. The van der Waals surface area contributed by atoms with Crippen LogP contribution in [-0.4, -0.2) is 17.0 Å². The molecule has 0 radical (unpaired) electrons. The summed E-state index contributed by atoms with van der Waals surface area (Å²) in [6, 6.07) is 17.2. The first-order chi connectivity index (χ1) is 13.7. The van der Waals surface area contributed by atoms with Gasteiger partial charge in [0.1, 0.15) is 5.75 Å². The van der Waals surface area contributed by atoms with Crippen LogP contribution < -0.4 is 10.1 Å². The number of ether oxygens (including phenoxy) is 1. The first kappa shape index (κ1) is 21.1. The second-order valence-corrected chi connectivity index (χ2v) is 7.78. The van der Waals surface area contributed by atoms with E-state index in [1.54, 1.807) is 18.3 Å². The summed E-state index contributed by atoms with van der Waals surface area (Å²) < 4.78 is 6.28. The number of amides is 1. The van der Waals surface area contributed by atoms with Crippen molar-refractivity contribution >= 4 is 34.1 Å². The Bertz CT molecular complexity index is 945. The number of carbonyl (C=O) groups excluding carboxylic acids is 1. The molecule has 1 saturated carbocycles. The fourth-order valence-electron chi connectivity index (χ4n) is 3.81. The summed E-state index contributed by atoms with van der Waals surface area (Å²) in [5.41, 5.74) is 1.74. The zero-order valence-electron chi connectivity index (χ0n) is 15.6. The van der Waals surface area contributed by atoms with E-state index in [1.807, 2.05) is 42.5 Å². The molecule has 3 aromatic rings. The molecular weight excluding hydrogens is 384 g/mol. The number of nitrogens with one attached hydrogen (secondary N) is 1. The molecule has 0 saturated heterocycles. The quantitative estimate of drug-likeness (QED) is 0.522. The fraction of sp³-hybridized carbons (Fsp3) is 0.333. The zero-order valence-corrected chi connectivity index (χ0v) is 16.4. The molecule has 1 heterocycles. The molecule has 0 aliphatic heterocycles. The van der Waals surface area contributed by atoms with E-state index in [4.69, 9.17) is 16.3 Å². The van der Waals surface area contributed by atoms with Gasteiger partial charge in [0.2, 0.25) is 5.91 Å². The number of hydrogen-bond donors (Lipinski definition) is 1. The number of rotatable bonds is 5. The number of halogens is 1. The van der Waals surface area contributed by atoms with Crippen LogP contribution in [0.1, 0.15) is 39.5 Å². The first-order valence-corrected chi connectivity index (χ1v) is 10.1. The van der Waals surface area contributed by atoms with E-state index in [-0.39, 0.29) is 19.4 Å². The summed E-state index contributed by atoms with van der Waals surface area (Å²) in [7, 11) is 0. The molecule has 1 aliphatic carbocycles. The Morgan fingerprint density at radius 3 is 2.52 bits per heavy atom. The molecule has 1 aromatic heterocycles. The van der Waals surface area contributed by atoms with E-state index >= 15 is 0 Å². The number of benzene rings is 2. The van der Waals surface area contributed by atoms with Crippen LogP contribution in [0.3, 0.4) is 0 Å². The lowest BCUT2D eigenvalue weighted by Gasteiger charge is -2.29. The molecule has 1 aliphatic rings. The SMILES string of the molecule is C.O=C(CC1CCC(Oc2ccnc3ccccc23)CC1)Nc1ccc(Cl)cc1. The molecule has 29 heavy (non-hydrogen) atoms. The number of pyridine rings is 1. The maximum atomic E-state index is 12.3. The van der Waals surface area contributed by atoms with E-state index in [1.165, 1.54) is 0 Å². The lowest BCUT2D eigenvalue weighted by molar-refractivity contribution is -0.117. The highest BCUT2D eigenvalue weighted by molar-refractivity contribution is 6.30. The smallest absolute Gasteiger partial charge is 0.224 e. The van der Waals surface area contributed by atoms with E-state index in [0.29, 0.717) is 17.4 Å². The molecule has 0 unspecified atom stereocenters. The van der Waals surface area contributed by atoms with Gasteiger partial charge >= 0.3 is 0 Å². The molecule has 1 fully saturated rings. The van der Waals surface area contributed by atoms with Gasteiger partial charge in [-0.15, -0.1) is 0 Å². The average Bonchev–Trinajstić information content (AvgIpc) is 2.71. The number of para-hydroxylation sites is 1. The number of carbonyl (C=O) groups is 1. The molecule has 1 amide bonds. The van der Waals surface area contributed by atoms with Gasteiger partial charge in [-0.3, -0.25) is 9.78 Å². The standard InChI is InChI=1S/C23H23ClN2O2.CH4/c24-17-7-9-18(10-8-17)26-23(27)15-16-5-11-19(12-6-16)28-22-13-14-25-21-4-2-1-3-20(21)22;/h1-4,7-10,13-14,16,19H,5-6,11-12,15H2,(H,26,27);1H4. The minimum absolute atomic E-state index is 0. The Hall–Kier alpha value is -2.59. The van der Waals surface area contributed by atoms with Crippen molar-refractivity contribution in [3.8, 4) is 5.75 Å². The highest BCUT2D eigenvalue weighted by atomic mass is 35.5. The van der Waals surface area contributed by atoms with E-state index in [9.17, 15) is 4.79 Å². The van der Waals surface area contributed by atoms with Gasteiger partial charge in [-0.2, -0.15) is 0 Å². The predicted molar refractivity (Wildman–Crippen MR) is 120 cm³/mol. The largest absolute Gasteiger partial charge is 0.490 e. The van der Waals surface area contributed by atoms with E-state index < -0.39 is 0 Å². The summed E-state index contributed by atoms with van der Waals surface area (Å²) in [5, 5.41) is 4.67. The third-order valence-corrected chi connectivity index (χ3v) is 5.55. The normalized spacial score (nSPS) is 18.7. The number of fused-ring (bicyclic) bond motifs is 1. The second-order valence-electron chi connectivity index (χ2n) is 7.35. The summed E-state index contributed by atoms with van der Waals surface area (Å²) in [4.78, 5) is 16.7. The number of aromatic nitrogens is 1. The molecule has 0 atom stereocenters. The third-order valence-electron chi connectivity index (χ3n) is 5.30. The molecule has 0 bridgehead atoms. The van der Waals surface area contributed by atoms with Crippen LogP contribution in [0.15, 0.2) is 60.8 Å². The predicted octanol–water partition coefficient (Wildman–Crippen LogP) is 6.49. The Balaban J connectivity index is 0.00000240. The van der Waals surface area contributed by atoms with Crippen molar-refractivity contribution in [3.05, 3.63) is 65.8 Å². The van der Waals surface area contributed by atoms with Gasteiger partial charge in [-0.25, -0.2) is 0 Å². The lowest BCUT2D eigenvalue weighted by atomic mass is 9.85. The topological polar surface area (TPSA) is 51.2 Å². The Labute approximate surface area is 177 Å². The van der Waals surface area contributed by atoms with Crippen molar-refractivity contribution in [2.45, 2.75) is 45.6 Å². The van der Waals surface area contributed by atoms with Gasteiger partial charge in [0.05, 0.1) is 11.6 Å². The third kappa shape index (κ3) is 5.48. The average molecular weight is 411 g/mol. The molecule has 0 spiro atoms. The summed E-state index contributed by atoms with van der Waals surface area (Å²) in [6.07, 6.45) is 6.48. The minimum atomic E-state index is 0. The van der Waals surface area contributed by atoms with E-state index in [2.05, 4.69) is 10.3 Å². The second kappa shape index (κ2) is 9.75. The zero-order chi connectivity index (χ0) is 19.3. The van der Waals surface area contributed by atoms with Crippen molar-refractivity contribution in [3.63, 3.8) is 0 Å². The van der Waals surface area contributed by atoms with Gasteiger partial charge in [-0.1, -0.05) is 31.2 Å². The fourth-order valence-corrected chi connectivity index (χ4v) is 3.94. The van der Waals surface area contributed by atoms with E-state index in [0.717, 1.165) is 48.0 Å². The van der Waals surface area contributed by atoms with Crippen molar-refractivity contribution < 1.29 is 9.53 Å². The van der Waals surface area contributed by atoms with Gasteiger partial charge in [-0.05, 0) is 74.1 Å². The Morgan fingerprint density at radius 2 is 1.76 bits per heavy atom. The Morgan fingerprint density at radius 1 is 1.03 bits per heavy atom. The molecule has 5 heteroatoms. The minimum Gasteiger partial charge on any atom is -0.490 e. The molecule has 4 nitrogen and oxygen atoms in total. The highest BCUT2D eigenvalue weighted by Gasteiger charge is 2.24. The molecule has 4 rings (SSSR count). The van der Waals surface area contributed by atoms with Crippen LogP contribution in [0, 0.1) is 5.92 Å². The van der Waals surface area contributed by atoms with Gasteiger partial charge in [0.15, 0.2) is 0 Å². The van der Waals surface area contributed by atoms with Crippen LogP contribution >= 0.6 is 11.6 Å². The Kier molecular flexibility index (Phi) is 7.10. The lowest BCUT2D eigenvalue weighted by Crippen LogP contribution is -2.26.